The van der Waals surface area contributed by atoms with Gasteiger partial charge < -0.3 is 9.47 Å². The van der Waals surface area contributed by atoms with Crippen molar-refractivity contribution in [2.24, 2.45) is 0 Å². The zero-order chi connectivity index (χ0) is 43.7. The molecule has 6 rings (SSSR count). The Morgan fingerprint density at radius 3 is 1.85 bits per heavy atom. The summed E-state index contributed by atoms with van der Waals surface area (Å²) in [6, 6.07) is 34.1. The number of rotatable bonds is 11. The SMILES string of the molecule is COc1cccc(CCl)n1.Cc1cc(CCl)ccc1Cl.ClCCc1ccccc1.ClCc1ncc(Cl)cn1.Fc1ccc(OCCCBr)cc1.Fc1cccc(CBr)c1. The zero-order valence-electron chi connectivity index (χ0n) is 32.4. The van der Waals surface area contributed by atoms with Gasteiger partial charge in [0.2, 0.25) is 5.88 Å². The number of alkyl halides is 6. The van der Waals surface area contributed by atoms with E-state index in [1.54, 1.807) is 31.4 Å². The second-order valence-electron chi connectivity index (χ2n) is 11.5. The van der Waals surface area contributed by atoms with E-state index in [9.17, 15) is 8.78 Å². The number of methoxy groups -OCH3 is 1. The van der Waals surface area contributed by atoms with Gasteiger partial charge in [0.1, 0.15) is 23.2 Å². The summed E-state index contributed by atoms with van der Waals surface area (Å²) in [5.74, 6) is 3.54. The summed E-state index contributed by atoms with van der Waals surface area (Å²) < 4.78 is 34.9. The number of aryl methyl sites for hydroxylation is 2. The molecule has 0 spiro atoms. The lowest BCUT2D eigenvalue weighted by molar-refractivity contribution is 0.318. The lowest BCUT2D eigenvalue weighted by Crippen LogP contribution is -1.97. The summed E-state index contributed by atoms with van der Waals surface area (Å²) in [6.45, 7) is 2.63. The summed E-state index contributed by atoms with van der Waals surface area (Å²) >= 11 is 39.9. The molecule has 0 radical (unpaired) electrons. The molecule has 6 aromatic rings. The molecule has 0 unspecified atom stereocenters. The topological polar surface area (TPSA) is 57.1 Å². The van der Waals surface area contributed by atoms with E-state index in [1.165, 1.54) is 42.2 Å². The second kappa shape index (κ2) is 34.9. The van der Waals surface area contributed by atoms with Crippen molar-refractivity contribution in [3.05, 3.63) is 183 Å². The molecule has 2 heterocycles. The molecular weight excluding hydrogens is 1010 g/mol. The third-order valence-corrected chi connectivity index (χ3v) is 9.76. The molecule has 318 valence electrons. The number of ether oxygens (including phenoxy) is 2. The first kappa shape index (κ1) is 54.3. The number of hydrogen-bond donors (Lipinski definition) is 0. The number of aromatic nitrogens is 3. The van der Waals surface area contributed by atoms with Crippen LogP contribution in [0.4, 0.5) is 8.78 Å². The average molecular weight is 1060 g/mol. The molecule has 4 aromatic carbocycles. The highest BCUT2D eigenvalue weighted by molar-refractivity contribution is 9.09. The number of halogens is 10. The van der Waals surface area contributed by atoms with E-state index in [0.717, 1.165) is 51.3 Å². The second-order valence-corrected chi connectivity index (χ2v) is 14.9. The number of pyridine rings is 1. The fourth-order valence-electron chi connectivity index (χ4n) is 3.99. The first-order valence-electron chi connectivity index (χ1n) is 17.8. The molecule has 0 aliphatic carbocycles. The van der Waals surface area contributed by atoms with E-state index < -0.39 is 0 Å². The lowest BCUT2D eigenvalue weighted by atomic mass is 10.2. The average Bonchev–Trinajstić information content (AvgIpc) is 3.27. The van der Waals surface area contributed by atoms with Crippen LogP contribution in [-0.4, -0.2) is 39.9 Å². The number of nitrogens with zero attached hydrogens (tertiary/aromatic N) is 3. The van der Waals surface area contributed by atoms with Gasteiger partial charge in [0.05, 0.1) is 36.2 Å². The summed E-state index contributed by atoms with van der Waals surface area (Å²) in [4.78, 5) is 11.7. The lowest BCUT2D eigenvalue weighted by Gasteiger charge is -2.03. The molecule has 15 heteroatoms. The molecule has 0 saturated carbocycles. The Morgan fingerprint density at radius 2 is 1.32 bits per heavy atom. The Hall–Kier alpha value is -2.73. The molecule has 0 saturated heterocycles. The molecule has 2 aromatic heterocycles. The van der Waals surface area contributed by atoms with Gasteiger partial charge in [0.15, 0.2) is 0 Å². The summed E-state index contributed by atoms with van der Waals surface area (Å²) in [6.07, 6.45) is 4.97. The normalized spacial score (nSPS) is 9.63. The van der Waals surface area contributed by atoms with Crippen molar-refractivity contribution in [3.8, 4) is 11.6 Å². The van der Waals surface area contributed by atoms with E-state index in [4.69, 9.17) is 79.1 Å². The molecule has 59 heavy (non-hydrogen) atoms. The molecule has 5 nitrogen and oxygen atoms in total. The fourth-order valence-corrected chi connectivity index (χ4v) is 5.46. The highest BCUT2D eigenvalue weighted by Crippen LogP contribution is 2.17. The third kappa shape index (κ3) is 27.0. The highest BCUT2D eigenvalue weighted by atomic mass is 79.9. The maximum Gasteiger partial charge on any atom is 0.213 e. The molecular formula is C44H45Br2Cl6F2N3O2. The molecule has 0 bridgehead atoms. The molecule has 0 amide bonds. The van der Waals surface area contributed by atoms with Gasteiger partial charge in [0.25, 0.3) is 0 Å². The fraction of sp³-hybridized carbons (Fsp3) is 0.250. The predicted molar refractivity (Wildman–Crippen MR) is 253 cm³/mol. The van der Waals surface area contributed by atoms with E-state index in [2.05, 4.69) is 58.9 Å². The van der Waals surface area contributed by atoms with E-state index in [1.807, 2.05) is 61.5 Å². The van der Waals surface area contributed by atoms with Gasteiger partial charge in [-0.25, -0.2) is 23.7 Å². The Balaban J connectivity index is 0.000000355. The minimum atomic E-state index is -0.233. The van der Waals surface area contributed by atoms with Gasteiger partial charge in [-0.3, -0.25) is 0 Å². The molecule has 0 atom stereocenters. The van der Waals surface area contributed by atoms with Crippen molar-refractivity contribution < 1.29 is 18.3 Å². The smallest absolute Gasteiger partial charge is 0.213 e. The standard InChI is InChI=1S/C9H10BrFO.C8H8Cl2.C8H9Cl.C7H6BrF.C7H8ClNO.C5H4Cl2N2/c10-6-1-7-12-9-4-2-8(11)3-5-9;1-6-4-7(5-9)2-3-8(6)10;9-7-6-8-4-2-1-3-5-8;8-5-6-2-1-3-7(9)4-6;1-10-7-4-2-3-6(5-8)9-7;6-1-5-8-2-4(7)3-9-5/h2-5H,1,6-7H2;2-4H,5H2,1H3;1-5H,6-7H2;1-4H,5H2;2-4H,5H2,1H3;2-3H,1H2. The molecule has 0 aliphatic heterocycles. The number of benzene rings is 4. The van der Waals surface area contributed by atoms with Crippen LogP contribution in [0.1, 0.15) is 40.2 Å². The minimum absolute atomic E-state index is 0.174. The van der Waals surface area contributed by atoms with Crippen LogP contribution in [0.2, 0.25) is 10.0 Å². The number of hydrogen-bond acceptors (Lipinski definition) is 5. The van der Waals surface area contributed by atoms with Crippen molar-refractivity contribution in [1.29, 1.82) is 0 Å². The van der Waals surface area contributed by atoms with Gasteiger partial charge in [-0.15, -0.1) is 46.4 Å². The monoisotopic (exact) mass is 1050 g/mol. The zero-order valence-corrected chi connectivity index (χ0v) is 40.1. The van der Waals surface area contributed by atoms with Crippen molar-refractivity contribution in [1.82, 2.24) is 15.0 Å². The van der Waals surface area contributed by atoms with Gasteiger partial charge in [-0.05, 0) is 90.6 Å². The van der Waals surface area contributed by atoms with Gasteiger partial charge in [0, 0.05) is 45.9 Å². The van der Waals surface area contributed by atoms with Crippen molar-refractivity contribution in [3.63, 3.8) is 0 Å². The third-order valence-electron chi connectivity index (χ3n) is 6.93. The first-order valence-corrected chi connectivity index (χ1v) is 22.9. The van der Waals surface area contributed by atoms with Crippen LogP contribution in [-0.2, 0) is 29.4 Å². The highest BCUT2D eigenvalue weighted by Gasteiger charge is 1.96. The maximum absolute atomic E-state index is 12.4. The van der Waals surface area contributed by atoms with Crippen LogP contribution < -0.4 is 9.47 Å². The van der Waals surface area contributed by atoms with Crippen LogP contribution in [0.3, 0.4) is 0 Å². The molecule has 0 aliphatic rings. The van der Waals surface area contributed by atoms with Crippen LogP contribution in [0.25, 0.3) is 0 Å². The van der Waals surface area contributed by atoms with Crippen LogP contribution in [0, 0.1) is 18.6 Å². The van der Waals surface area contributed by atoms with Gasteiger partial charge in [-0.1, -0.05) is 116 Å². The van der Waals surface area contributed by atoms with Crippen LogP contribution >= 0.6 is 101 Å². The van der Waals surface area contributed by atoms with Crippen molar-refractivity contribution >= 4 is 101 Å². The maximum atomic E-state index is 12.4. The summed E-state index contributed by atoms with van der Waals surface area (Å²) in [5, 5.41) is 2.97. The van der Waals surface area contributed by atoms with Gasteiger partial charge in [-0.2, -0.15) is 0 Å². The summed E-state index contributed by atoms with van der Waals surface area (Å²) in [7, 11) is 1.58. The Bertz CT molecular complexity index is 1940. The largest absolute Gasteiger partial charge is 0.494 e. The quantitative estimate of drug-likeness (QED) is 0.0956. The predicted octanol–water partition coefficient (Wildman–Crippen LogP) is 15.3. The van der Waals surface area contributed by atoms with Crippen LogP contribution in [0.5, 0.6) is 11.6 Å². The van der Waals surface area contributed by atoms with Crippen molar-refractivity contribution in [2.45, 2.75) is 42.7 Å². The minimum Gasteiger partial charge on any atom is -0.494 e. The first-order chi connectivity index (χ1) is 28.5. The van der Waals surface area contributed by atoms with E-state index >= 15 is 0 Å². The Kier molecular flexibility index (Phi) is 32.1. The Labute approximate surface area is 394 Å². The van der Waals surface area contributed by atoms with Crippen LogP contribution in [0.15, 0.2) is 128 Å². The van der Waals surface area contributed by atoms with E-state index in [-0.39, 0.29) is 11.6 Å². The molecule has 0 fully saturated rings. The van der Waals surface area contributed by atoms with E-state index in [0.29, 0.717) is 52.2 Å². The summed E-state index contributed by atoms with van der Waals surface area (Å²) in [5.41, 5.74) is 5.31. The molecule has 0 N–H and O–H groups in total. The van der Waals surface area contributed by atoms with Gasteiger partial charge >= 0.3 is 0 Å². The van der Waals surface area contributed by atoms with Crippen molar-refractivity contribution in [2.75, 3.05) is 24.9 Å². The Morgan fingerprint density at radius 1 is 0.661 bits per heavy atom.